The van der Waals surface area contributed by atoms with E-state index in [9.17, 15) is 9.59 Å². The fourth-order valence-corrected chi connectivity index (χ4v) is 4.62. The number of carbonyl (C=O) groups excluding carboxylic acids is 2. The molecule has 0 aromatic heterocycles. The molecule has 8 heteroatoms. The van der Waals surface area contributed by atoms with Gasteiger partial charge in [0.25, 0.3) is 5.91 Å². The lowest BCUT2D eigenvalue weighted by molar-refractivity contribution is -0.138. The third kappa shape index (κ3) is 2.91. The minimum atomic E-state index is -0.359. The van der Waals surface area contributed by atoms with Gasteiger partial charge in [0, 0.05) is 32.4 Å². The molecule has 0 bridgehead atoms. The summed E-state index contributed by atoms with van der Waals surface area (Å²) in [7, 11) is 3.44. The number of urea groups is 1. The molecule has 3 aliphatic heterocycles. The summed E-state index contributed by atoms with van der Waals surface area (Å²) in [5.41, 5.74) is 1.07. The fourth-order valence-electron chi connectivity index (χ4n) is 4.62. The van der Waals surface area contributed by atoms with Crippen molar-refractivity contribution in [3.8, 4) is 5.75 Å². The summed E-state index contributed by atoms with van der Waals surface area (Å²) in [5, 5.41) is 3.54. The molecule has 3 heterocycles. The first-order chi connectivity index (χ1) is 13.5. The van der Waals surface area contributed by atoms with Crippen LogP contribution in [0.25, 0.3) is 0 Å². The number of nitrogens with one attached hydrogen (secondary N) is 1. The van der Waals surface area contributed by atoms with Gasteiger partial charge in [0.15, 0.2) is 0 Å². The lowest BCUT2D eigenvalue weighted by Crippen LogP contribution is -2.66. The van der Waals surface area contributed by atoms with Crippen LogP contribution in [0.15, 0.2) is 24.3 Å². The van der Waals surface area contributed by atoms with Gasteiger partial charge in [0.05, 0.1) is 7.11 Å². The van der Waals surface area contributed by atoms with Crippen LogP contribution in [0, 0.1) is 5.92 Å². The molecule has 3 amide bonds. The van der Waals surface area contributed by atoms with E-state index < -0.39 is 0 Å². The monoisotopic (exact) mass is 387 g/mol. The Hall–Kier alpha value is -2.32. The van der Waals surface area contributed by atoms with E-state index in [2.05, 4.69) is 22.0 Å². The van der Waals surface area contributed by atoms with Gasteiger partial charge in [-0.3, -0.25) is 19.9 Å². The van der Waals surface area contributed by atoms with E-state index in [4.69, 9.17) is 4.74 Å². The third-order valence-electron chi connectivity index (χ3n) is 5.94. The second-order valence-electron chi connectivity index (χ2n) is 7.97. The van der Waals surface area contributed by atoms with Crippen molar-refractivity contribution in [1.82, 2.24) is 20.0 Å². The van der Waals surface area contributed by atoms with Gasteiger partial charge in [-0.2, -0.15) is 0 Å². The number of hydrogen-bond acceptors (Lipinski definition) is 6. The highest BCUT2D eigenvalue weighted by Gasteiger charge is 2.56. The highest BCUT2D eigenvalue weighted by molar-refractivity contribution is 6.00. The highest BCUT2D eigenvalue weighted by atomic mass is 16.5. The van der Waals surface area contributed by atoms with Crippen LogP contribution in [0.2, 0.25) is 0 Å². The summed E-state index contributed by atoms with van der Waals surface area (Å²) >= 11 is 0. The number of anilines is 1. The third-order valence-corrected chi connectivity index (χ3v) is 5.94. The number of benzene rings is 1. The Balaban J connectivity index is 1.66. The lowest BCUT2D eigenvalue weighted by atomic mass is 10.0. The predicted molar refractivity (Wildman–Crippen MR) is 106 cm³/mol. The molecule has 3 aliphatic rings. The summed E-state index contributed by atoms with van der Waals surface area (Å²) in [6.07, 6.45) is 0.318. The van der Waals surface area contributed by atoms with Crippen LogP contribution in [-0.2, 0) is 4.79 Å². The summed E-state index contributed by atoms with van der Waals surface area (Å²) in [6, 6.07) is 7.40. The smallest absolute Gasteiger partial charge is 0.327 e. The second kappa shape index (κ2) is 7.25. The van der Waals surface area contributed by atoms with E-state index in [1.165, 1.54) is 4.90 Å². The molecule has 3 saturated heterocycles. The number of ether oxygens (including phenoxy) is 1. The van der Waals surface area contributed by atoms with Crippen LogP contribution in [0.4, 0.5) is 10.5 Å². The minimum absolute atomic E-state index is 0.0891. The maximum atomic E-state index is 13.2. The van der Waals surface area contributed by atoms with Crippen LogP contribution in [0.1, 0.15) is 20.3 Å². The zero-order chi connectivity index (χ0) is 20.0. The van der Waals surface area contributed by atoms with Crippen molar-refractivity contribution >= 4 is 17.6 Å². The Morgan fingerprint density at radius 3 is 2.54 bits per heavy atom. The number of methoxy groups -OCH3 is 1. The Kier molecular flexibility index (Phi) is 4.93. The molecule has 1 aromatic rings. The quantitative estimate of drug-likeness (QED) is 0.841. The topological polar surface area (TPSA) is 68.4 Å². The number of rotatable bonds is 4. The van der Waals surface area contributed by atoms with Gasteiger partial charge < -0.3 is 14.5 Å². The van der Waals surface area contributed by atoms with E-state index in [0.29, 0.717) is 12.5 Å². The summed E-state index contributed by atoms with van der Waals surface area (Å²) < 4.78 is 5.28. The van der Waals surface area contributed by atoms with Crippen molar-refractivity contribution in [1.29, 1.82) is 0 Å². The zero-order valence-electron chi connectivity index (χ0n) is 17.0. The molecule has 28 heavy (non-hydrogen) atoms. The Bertz CT molecular complexity index is 755. The molecule has 0 saturated carbocycles. The summed E-state index contributed by atoms with van der Waals surface area (Å²) in [4.78, 5) is 33.5. The van der Waals surface area contributed by atoms with Crippen LogP contribution in [0.3, 0.4) is 0 Å². The molecule has 4 atom stereocenters. The van der Waals surface area contributed by atoms with Crippen molar-refractivity contribution in [3.63, 3.8) is 0 Å². The maximum Gasteiger partial charge on any atom is 0.327 e. The van der Waals surface area contributed by atoms with Gasteiger partial charge in [0.2, 0.25) is 0 Å². The van der Waals surface area contributed by atoms with E-state index >= 15 is 0 Å². The molecule has 1 aromatic carbocycles. The van der Waals surface area contributed by atoms with Crippen molar-refractivity contribution in [2.45, 2.75) is 38.8 Å². The normalized spacial score (nSPS) is 30.5. The number of fused-ring (bicyclic) bond motifs is 3. The van der Waals surface area contributed by atoms with E-state index in [1.807, 2.05) is 31.2 Å². The minimum Gasteiger partial charge on any atom is -0.497 e. The first-order valence-corrected chi connectivity index (χ1v) is 9.97. The Labute approximate surface area is 166 Å². The Morgan fingerprint density at radius 2 is 1.89 bits per heavy atom. The van der Waals surface area contributed by atoms with E-state index in [1.54, 1.807) is 19.1 Å². The lowest BCUT2D eigenvalue weighted by Gasteiger charge is -2.46. The summed E-state index contributed by atoms with van der Waals surface area (Å²) in [5.74, 6) is 1.12. The summed E-state index contributed by atoms with van der Waals surface area (Å²) in [6.45, 7) is 6.34. The largest absolute Gasteiger partial charge is 0.497 e. The molecule has 0 aliphatic carbocycles. The molecule has 3 fully saturated rings. The molecule has 0 spiro atoms. The number of amides is 3. The molecule has 0 radical (unpaired) electrons. The molecule has 1 N–H and O–H groups in total. The van der Waals surface area contributed by atoms with Gasteiger partial charge >= 0.3 is 6.03 Å². The molecular weight excluding hydrogens is 358 g/mol. The van der Waals surface area contributed by atoms with Crippen LogP contribution in [0.5, 0.6) is 5.75 Å². The van der Waals surface area contributed by atoms with Crippen molar-refractivity contribution in [3.05, 3.63) is 24.3 Å². The second-order valence-corrected chi connectivity index (χ2v) is 7.97. The molecule has 8 nitrogen and oxygen atoms in total. The maximum absolute atomic E-state index is 13.2. The van der Waals surface area contributed by atoms with Gasteiger partial charge in [-0.25, -0.2) is 4.79 Å². The van der Waals surface area contributed by atoms with Gasteiger partial charge in [-0.1, -0.05) is 13.8 Å². The molecular formula is C20H29N5O3. The van der Waals surface area contributed by atoms with Crippen LogP contribution >= 0.6 is 0 Å². The van der Waals surface area contributed by atoms with Crippen LogP contribution in [-0.4, -0.2) is 78.9 Å². The number of likely N-dealkylation sites (N-methyl/N-ethyl adjacent to an activating group) is 1. The van der Waals surface area contributed by atoms with E-state index in [0.717, 1.165) is 30.9 Å². The van der Waals surface area contributed by atoms with Crippen molar-refractivity contribution in [2.75, 3.05) is 38.7 Å². The molecule has 4 unspecified atom stereocenters. The number of hydrogen-bond donors (Lipinski definition) is 1. The zero-order valence-corrected chi connectivity index (χ0v) is 17.0. The Morgan fingerprint density at radius 1 is 1.18 bits per heavy atom. The number of carbonyl (C=O) groups is 2. The molecule has 152 valence electrons. The van der Waals surface area contributed by atoms with Crippen molar-refractivity contribution < 1.29 is 14.3 Å². The number of nitrogens with zero attached hydrogens (tertiary/aromatic N) is 4. The van der Waals surface area contributed by atoms with Gasteiger partial charge in [0.1, 0.15) is 24.2 Å². The average molecular weight is 387 g/mol. The van der Waals surface area contributed by atoms with Crippen LogP contribution < -0.4 is 15.0 Å². The highest BCUT2D eigenvalue weighted by Crippen LogP contribution is 2.34. The SMILES string of the molecule is CCCN1C(=O)C2C(NC3N(c4ccc(OC)cc4)CC(C)CN23)N(C)C1=O. The first kappa shape index (κ1) is 19.0. The number of imide groups is 1. The van der Waals surface area contributed by atoms with Crippen molar-refractivity contribution in [2.24, 2.45) is 5.92 Å². The predicted octanol–water partition coefficient (Wildman–Crippen LogP) is 1.34. The first-order valence-electron chi connectivity index (χ1n) is 9.97. The standard InChI is InChI=1S/C20H29N5O3/c1-5-10-23-18(26)16-17(22(3)20(23)27)21-19-24(11-13(2)12-25(16)19)14-6-8-15(28-4)9-7-14/h6-9,13,16-17,19,21H,5,10-12H2,1-4H3. The average Bonchev–Trinajstić information content (AvgIpc) is 3.08. The van der Waals surface area contributed by atoms with Gasteiger partial charge in [-0.15, -0.1) is 0 Å². The van der Waals surface area contributed by atoms with E-state index in [-0.39, 0.29) is 30.4 Å². The van der Waals surface area contributed by atoms with Gasteiger partial charge in [-0.05, 0) is 36.6 Å². The molecule has 4 rings (SSSR count). The fraction of sp³-hybridized carbons (Fsp3) is 0.600.